The van der Waals surface area contributed by atoms with Crippen LogP contribution in [0.4, 0.5) is 5.69 Å². The number of ether oxygens (including phenoxy) is 1. The first-order valence-electron chi connectivity index (χ1n) is 7.16. The number of hydrogen-bond donors (Lipinski definition) is 2. The van der Waals surface area contributed by atoms with Crippen LogP contribution in [0, 0.1) is 0 Å². The van der Waals surface area contributed by atoms with Crippen LogP contribution in [0.3, 0.4) is 0 Å². The first-order valence-corrected chi connectivity index (χ1v) is 7.54. The van der Waals surface area contributed by atoms with Gasteiger partial charge in [0.1, 0.15) is 5.75 Å². The molecular formula is C17H19ClN2O. The van der Waals surface area contributed by atoms with Gasteiger partial charge in [-0.2, -0.15) is 0 Å². The van der Waals surface area contributed by atoms with Gasteiger partial charge in [-0.25, -0.2) is 0 Å². The fraction of sp³-hybridized carbons (Fsp3) is 0.294. The molecule has 0 amide bonds. The van der Waals surface area contributed by atoms with Crippen LogP contribution in [0.2, 0.25) is 5.02 Å². The quantitative estimate of drug-likeness (QED) is 0.899. The molecule has 1 aliphatic rings. The number of fused-ring (bicyclic) bond motifs is 1. The van der Waals surface area contributed by atoms with Crippen molar-refractivity contribution in [2.24, 2.45) is 0 Å². The average Bonchev–Trinajstić information content (AvgIpc) is 2.70. The lowest BCUT2D eigenvalue weighted by molar-refractivity contribution is 0.415. The third-order valence-corrected chi connectivity index (χ3v) is 4.14. The molecule has 0 bridgehead atoms. The molecule has 110 valence electrons. The van der Waals surface area contributed by atoms with E-state index in [-0.39, 0.29) is 0 Å². The fourth-order valence-corrected chi connectivity index (χ4v) is 3.03. The van der Waals surface area contributed by atoms with Crippen molar-refractivity contribution in [2.45, 2.75) is 19.0 Å². The van der Waals surface area contributed by atoms with Crippen molar-refractivity contribution in [2.75, 3.05) is 19.0 Å². The highest BCUT2D eigenvalue weighted by molar-refractivity contribution is 6.32. The van der Waals surface area contributed by atoms with Crippen LogP contribution in [-0.4, -0.2) is 13.7 Å². The summed E-state index contributed by atoms with van der Waals surface area (Å²) in [5.41, 5.74) is 3.73. The second kappa shape index (κ2) is 6.37. The monoisotopic (exact) mass is 302 g/mol. The van der Waals surface area contributed by atoms with Gasteiger partial charge in [0.2, 0.25) is 0 Å². The van der Waals surface area contributed by atoms with Crippen molar-refractivity contribution in [1.29, 1.82) is 0 Å². The van der Waals surface area contributed by atoms with Gasteiger partial charge in [0.05, 0.1) is 18.2 Å². The second-order valence-corrected chi connectivity index (χ2v) is 5.62. The molecule has 3 nitrogen and oxygen atoms in total. The minimum Gasteiger partial charge on any atom is -0.495 e. The molecule has 2 aromatic rings. The summed E-state index contributed by atoms with van der Waals surface area (Å²) in [5.74, 6) is 0.699. The Bertz CT molecular complexity index is 630. The van der Waals surface area contributed by atoms with E-state index in [0.29, 0.717) is 16.8 Å². The summed E-state index contributed by atoms with van der Waals surface area (Å²) in [5, 5.41) is 7.68. The van der Waals surface area contributed by atoms with Crippen LogP contribution < -0.4 is 15.4 Å². The van der Waals surface area contributed by atoms with Gasteiger partial charge >= 0.3 is 0 Å². The van der Waals surface area contributed by atoms with Gasteiger partial charge in [0.25, 0.3) is 0 Å². The predicted molar refractivity (Wildman–Crippen MR) is 87.1 cm³/mol. The van der Waals surface area contributed by atoms with Crippen molar-refractivity contribution in [1.82, 2.24) is 5.32 Å². The van der Waals surface area contributed by atoms with Crippen molar-refractivity contribution >= 4 is 17.3 Å². The van der Waals surface area contributed by atoms with Gasteiger partial charge in [-0.1, -0.05) is 35.9 Å². The van der Waals surface area contributed by atoms with E-state index in [2.05, 4.69) is 34.9 Å². The van der Waals surface area contributed by atoms with E-state index in [1.54, 1.807) is 7.11 Å². The maximum Gasteiger partial charge on any atom is 0.137 e. The summed E-state index contributed by atoms with van der Waals surface area (Å²) in [4.78, 5) is 0. The summed E-state index contributed by atoms with van der Waals surface area (Å²) in [6.07, 6.45) is 1.04. The number of hydrogen-bond acceptors (Lipinski definition) is 3. The topological polar surface area (TPSA) is 33.3 Å². The molecule has 0 saturated carbocycles. The van der Waals surface area contributed by atoms with Crippen LogP contribution >= 0.6 is 11.6 Å². The van der Waals surface area contributed by atoms with Crippen LogP contribution in [0.25, 0.3) is 0 Å². The molecule has 2 aromatic carbocycles. The Morgan fingerprint density at radius 1 is 1.24 bits per heavy atom. The van der Waals surface area contributed by atoms with Crippen molar-refractivity contribution in [3.8, 4) is 5.75 Å². The average molecular weight is 303 g/mol. The summed E-state index contributed by atoms with van der Waals surface area (Å²) < 4.78 is 5.20. The van der Waals surface area contributed by atoms with Gasteiger partial charge in [-0.3, -0.25) is 0 Å². The lowest BCUT2D eigenvalue weighted by Crippen LogP contribution is -2.15. The Morgan fingerprint density at radius 3 is 2.90 bits per heavy atom. The van der Waals surface area contributed by atoms with Crippen molar-refractivity contribution < 1.29 is 4.74 Å². The van der Waals surface area contributed by atoms with Crippen LogP contribution in [-0.2, 0) is 6.54 Å². The molecule has 0 spiro atoms. The highest BCUT2D eigenvalue weighted by atomic mass is 35.5. The molecule has 0 radical (unpaired) electrons. The zero-order valence-electron chi connectivity index (χ0n) is 12.0. The SMILES string of the molecule is COc1ccc(NC2CCNCc3ccccc32)cc1Cl. The van der Waals surface area contributed by atoms with E-state index < -0.39 is 0 Å². The maximum absolute atomic E-state index is 6.20. The lowest BCUT2D eigenvalue weighted by Gasteiger charge is -2.20. The third-order valence-electron chi connectivity index (χ3n) is 3.85. The van der Waals surface area contributed by atoms with Crippen molar-refractivity contribution in [3.63, 3.8) is 0 Å². The minimum absolute atomic E-state index is 0.292. The molecule has 0 aromatic heterocycles. The molecule has 2 N–H and O–H groups in total. The maximum atomic E-state index is 6.20. The number of rotatable bonds is 3. The number of methoxy groups -OCH3 is 1. The number of benzene rings is 2. The van der Waals surface area contributed by atoms with Crippen molar-refractivity contribution in [3.05, 3.63) is 58.6 Å². The first kappa shape index (κ1) is 14.2. The van der Waals surface area contributed by atoms with Gasteiger partial charge in [-0.05, 0) is 42.3 Å². The highest BCUT2D eigenvalue weighted by Crippen LogP contribution is 2.31. The summed E-state index contributed by atoms with van der Waals surface area (Å²) in [7, 11) is 1.63. The molecule has 0 fully saturated rings. The van der Waals surface area contributed by atoms with E-state index in [4.69, 9.17) is 16.3 Å². The predicted octanol–water partition coefficient (Wildman–Crippen LogP) is 4.00. The Kier molecular flexibility index (Phi) is 4.32. The number of halogens is 1. The van der Waals surface area contributed by atoms with Gasteiger partial charge in [-0.15, -0.1) is 0 Å². The zero-order valence-corrected chi connectivity index (χ0v) is 12.8. The molecule has 0 aliphatic carbocycles. The van der Waals surface area contributed by atoms with E-state index >= 15 is 0 Å². The van der Waals surface area contributed by atoms with Gasteiger partial charge in [0.15, 0.2) is 0 Å². The molecule has 3 rings (SSSR count). The number of anilines is 1. The summed E-state index contributed by atoms with van der Waals surface area (Å²) in [6, 6.07) is 14.7. The molecule has 1 aliphatic heterocycles. The zero-order chi connectivity index (χ0) is 14.7. The highest BCUT2D eigenvalue weighted by Gasteiger charge is 2.18. The Morgan fingerprint density at radius 2 is 2.10 bits per heavy atom. The molecule has 1 heterocycles. The summed E-state index contributed by atoms with van der Waals surface area (Å²) >= 11 is 6.20. The molecule has 4 heteroatoms. The third kappa shape index (κ3) is 3.14. The molecule has 1 atom stereocenters. The first-order chi connectivity index (χ1) is 10.3. The largest absolute Gasteiger partial charge is 0.495 e. The van der Waals surface area contributed by atoms with Crippen LogP contribution in [0.5, 0.6) is 5.75 Å². The molecule has 21 heavy (non-hydrogen) atoms. The van der Waals surface area contributed by atoms with Crippen LogP contribution in [0.15, 0.2) is 42.5 Å². The Labute approximate surface area is 130 Å². The Hall–Kier alpha value is -1.71. The second-order valence-electron chi connectivity index (χ2n) is 5.21. The van der Waals surface area contributed by atoms with Crippen LogP contribution in [0.1, 0.15) is 23.6 Å². The number of nitrogens with one attached hydrogen (secondary N) is 2. The summed E-state index contributed by atoms with van der Waals surface area (Å²) in [6.45, 7) is 1.92. The van der Waals surface area contributed by atoms with Gasteiger partial charge < -0.3 is 15.4 Å². The van der Waals surface area contributed by atoms with E-state index in [9.17, 15) is 0 Å². The smallest absolute Gasteiger partial charge is 0.137 e. The standard InChI is InChI=1S/C17H19ClN2O/c1-21-17-7-6-13(10-15(17)18)20-16-8-9-19-11-12-4-2-3-5-14(12)16/h2-7,10,16,19-20H,8-9,11H2,1H3. The molecular weight excluding hydrogens is 284 g/mol. The molecule has 1 unspecified atom stereocenters. The van der Waals surface area contributed by atoms with E-state index in [1.807, 2.05) is 18.2 Å². The molecule has 0 saturated heterocycles. The Balaban J connectivity index is 1.86. The lowest BCUT2D eigenvalue weighted by atomic mass is 9.99. The normalized spacial score (nSPS) is 17.7. The fourth-order valence-electron chi connectivity index (χ4n) is 2.77. The van der Waals surface area contributed by atoms with Gasteiger partial charge in [0, 0.05) is 12.2 Å². The van der Waals surface area contributed by atoms with E-state index in [1.165, 1.54) is 11.1 Å². The minimum atomic E-state index is 0.292. The van der Waals surface area contributed by atoms with E-state index in [0.717, 1.165) is 25.2 Å².